The van der Waals surface area contributed by atoms with Gasteiger partial charge >= 0.3 is 5.97 Å². The van der Waals surface area contributed by atoms with Crippen LogP contribution >= 0.6 is 11.6 Å². The van der Waals surface area contributed by atoms with E-state index in [1.54, 1.807) is 0 Å². The van der Waals surface area contributed by atoms with Crippen molar-refractivity contribution in [2.75, 3.05) is 13.7 Å². The van der Waals surface area contributed by atoms with E-state index in [0.29, 0.717) is 29.9 Å². The fourth-order valence-electron chi connectivity index (χ4n) is 3.44. The lowest BCUT2D eigenvalue weighted by Gasteiger charge is -2.16. The Bertz CT molecular complexity index is 1070. The molecule has 0 N–H and O–H groups in total. The summed E-state index contributed by atoms with van der Waals surface area (Å²) < 4.78 is 16.9. The number of aryl methyl sites for hydroxylation is 1. The number of hydrogen-bond donors (Lipinski definition) is 0. The summed E-state index contributed by atoms with van der Waals surface area (Å²) in [4.78, 5) is 16.4. The van der Waals surface area contributed by atoms with Gasteiger partial charge < -0.3 is 14.2 Å². The van der Waals surface area contributed by atoms with Crippen molar-refractivity contribution in [3.8, 4) is 22.9 Å². The van der Waals surface area contributed by atoms with Crippen LogP contribution in [0.3, 0.4) is 0 Å². The van der Waals surface area contributed by atoms with Crippen LogP contribution in [-0.2, 0) is 29.0 Å². The topological polar surface area (TPSA) is 57.7 Å². The first-order valence-corrected chi connectivity index (χ1v) is 10.2. The maximum atomic E-state index is 11.8. The van der Waals surface area contributed by atoms with Gasteiger partial charge in [-0.15, -0.1) is 0 Å². The smallest absolute Gasteiger partial charge is 0.310 e. The quantitative estimate of drug-likeness (QED) is 0.541. The Morgan fingerprint density at radius 3 is 2.87 bits per heavy atom. The number of fused-ring (bicyclic) bond motifs is 6. The molecule has 0 aliphatic carbocycles. The van der Waals surface area contributed by atoms with Gasteiger partial charge in [0.05, 0.1) is 25.8 Å². The zero-order valence-electron chi connectivity index (χ0n) is 16.7. The van der Waals surface area contributed by atoms with Crippen LogP contribution in [0.5, 0.6) is 11.6 Å². The summed E-state index contributed by atoms with van der Waals surface area (Å²) in [6.07, 6.45) is 1.76. The second-order valence-electron chi connectivity index (χ2n) is 7.09. The van der Waals surface area contributed by atoms with Crippen molar-refractivity contribution < 1.29 is 19.0 Å². The minimum absolute atomic E-state index is 0.154. The van der Waals surface area contributed by atoms with E-state index in [4.69, 9.17) is 25.8 Å². The Kier molecular flexibility index (Phi) is 6.19. The number of carbonyl (C=O) groups excluding carboxylic acids is 1. The minimum atomic E-state index is -0.306. The molecule has 0 fully saturated rings. The predicted molar refractivity (Wildman–Crippen MR) is 115 cm³/mol. The van der Waals surface area contributed by atoms with Crippen LogP contribution in [0.4, 0.5) is 0 Å². The van der Waals surface area contributed by atoms with Gasteiger partial charge in [-0.25, -0.2) is 4.98 Å². The largest absolute Gasteiger partial charge is 0.493 e. The Morgan fingerprint density at radius 1 is 1.10 bits per heavy atom. The first kappa shape index (κ1) is 20.2. The summed E-state index contributed by atoms with van der Waals surface area (Å²) >= 11 is 6.20. The molecule has 154 valence electrons. The van der Waals surface area contributed by atoms with Gasteiger partial charge in [0.1, 0.15) is 12.4 Å². The third kappa shape index (κ3) is 4.74. The van der Waals surface area contributed by atoms with Crippen LogP contribution in [0.25, 0.3) is 11.3 Å². The highest BCUT2D eigenvalue weighted by Gasteiger charge is 2.14. The van der Waals surface area contributed by atoms with Gasteiger partial charge in [-0.05, 0) is 48.2 Å². The summed E-state index contributed by atoms with van der Waals surface area (Å²) in [5.74, 6) is 0.903. The van der Waals surface area contributed by atoms with E-state index in [1.807, 2.05) is 54.6 Å². The number of rotatable bonds is 2. The van der Waals surface area contributed by atoms with Gasteiger partial charge in [-0.2, -0.15) is 0 Å². The zero-order chi connectivity index (χ0) is 20.9. The lowest BCUT2D eigenvalue weighted by atomic mass is 10.0. The van der Waals surface area contributed by atoms with Crippen molar-refractivity contribution in [3.05, 3.63) is 76.3 Å². The monoisotopic (exact) mass is 423 g/mol. The molecule has 1 aromatic heterocycles. The summed E-state index contributed by atoms with van der Waals surface area (Å²) in [5.41, 5.74) is 4.66. The molecule has 0 atom stereocenters. The predicted octanol–water partition coefficient (Wildman–Crippen LogP) is 5.02. The van der Waals surface area contributed by atoms with E-state index in [2.05, 4.69) is 4.98 Å². The molecule has 1 aliphatic heterocycles. The SMILES string of the molecule is COC(=O)Cc1ccc2cc1OCCCc1cc(Cl)ccc1COc1cccc-2n1. The van der Waals surface area contributed by atoms with Crippen LogP contribution in [0.2, 0.25) is 5.02 Å². The molecule has 3 aromatic rings. The Labute approximate surface area is 180 Å². The number of nitrogens with zero attached hydrogens (tertiary/aromatic N) is 1. The third-order valence-corrected chi connectivity index (χ3v) is 5.28. The van der Waals surface area contributed by atoms with Crippen molar-refractivity contribution >= 4 is 17.6 Å². The molecule has 6 heteroatoms. The van der Waals surface area contributed by atoms with Gasteiger partial charge in [0, 0.05) is 22.2 Å². The summed E-state index contributed by atoms with van der Waals surface area (Å²) in [6, 6.07) is 17.2. The van der Waals surface area contributed by atoms with Crippen LogP contribution in [0.1, 0.15) is 23.1 Å². The molecule has 30 heavy (non-hydrogen) atoms. The molecule has 0 amide bonds. The second kappa shape index (κ2) is 9.18. The zero-order valence-corrected chi connectivity index (χ0v) is 17.4. The number of benzene rings is 2. The first-order valence-electron chi connectivity index (χ1n) is 9.82. The lowest BCUT2D eigenvalue weighted by Crippen LogP contribution is -2.09. The standard InChI is InChI=1S/C24H22ClNO4/c1-28-24(27)14-18-8-7-17-13-22(18)29-11-3-4-16-12-20(25)10-9-19(16)15-30-23-6-2-5-21(17)26-23/h2,5-10,12-13H,3-4,11,14-15H2,1H3. The molecular weight excluding hydrogens is 402 g/mol. The van der Waals surface area contributed by atoms with E-state index in [9.17, 15) is 4.79 Å². The van der Waals surface area contributed by atoms with Crippen molar-refractivity contribution in [2.24, 2.45) is 0 Å². The van der Waals surface area contributed by atoms with E-state index in [0.717, 1.165) is 40.8 Å². The maximum Gasteiger partial charge on any atom is 0.310 e. The first-order chi connectivity index (χ1) is 14.6. The molecule has 0 saturated heterocycles. The number of pyridine rings is 1. The van der Waals surface area contributed by atoms with Crippen molar-refractivity contribution in [1.82, 2.24) is 4.98 Å². The summed E-state index contributed by atoms with van der Waals surface area (Å²) in [7, 11) is 1.38. The highest BCUT2D eigenvalue weighted by atomic mass is 35.5. The van der Waals surface area contributed by atoms with Crippen LogP contribution in [0.15, 0.2) is 54.6 Å². The highest BCUT2D eigenvalue weighted by molar-refractivity contribution is 6.30. The number of methoxy groups -OCH3 is 1. The number of esters is 1. The number of aromatic nitrogens is 1. The minimum Gasteiger partial charge on any atom is -0.493 e. The Balaban J connectivity index is 1.71. The summed E-state index contributed by atoms with van der Waals surface area (Å²) in [5, 5.41) is 0.698. The van der Waals surface area contributed by atoms with E-state index < -0.39 is 0 Å². The number of ether oxygens (including phenoxy) is 3. The molecule has 2 aromatic carbocycles. The van der Waals surface area contributed by atoms with Gasteiger partial charge in [-0.1, -0.05) is 35.9 Å². The normalized spacial score (nSPS) is 13.3. The van der Waals surface area contributed by atoms with Crippen LogP contribution in [0, 0.1) is 0 Å². The fourth-order valence-corrected chi connectivity index (χ4v) is 3.64. The van der Waals surface area contributed by atoms with E-state index in [-0.39, 0.29) is 12.4 Å². The van der Waals surface area contributed by atoms with Gasteiger partial charge in [-0.3, -0.25) is 4.79 Å². The van der Waals surface area contributed by atoms with E-state index >= 15 is 0 Å². The molecule has 0 unspecified atom stereocenters. The van der Waals surface area contributed by atoms with Crippen molar-refractivity contribution in [1.29, 1.82) is 0 Å². The molecule has 4 rings (SSSR count). The van der Waals surface area contributed by atoms with Gasteiger partial charge in [0.15, 0.2) is 0 Å². The molecule has 0 radical (unpaired) electrons. The molecule has 0 spiro atoms. The number of carbonyl (C=O) groups is 1. The molecule has 1 aliphatic rings. The van der Waals surface area contributed by atoms with E-state index in [1.165, 1.54) is 7.11 Å². The number of halogens is 1. The fraction of sp³-hybridized carbons (Fsp3) is 0.250. The van der Waals surface area contributed by atoms with Crippen LogP contribution in [-0.4, -0.2) is 24.7 Å². The molecule has 4 bridgehead atoms. The molecule has 0 saturated carbocycles. The molecule has 2 heterocycles. The van der Waals surface area contributed by atoms with Crippen molar-refractivity contribution in [3.63, 3.8) is 0 Å². The second-order valence-corrected chi connectivity index (χ2v) is 7.53. The Morgan fingerprint density at radius 2 is 2.00 bits per heavy atom. The average molecular weight is 424 g/mol. The lowest BCUT2D eigenvalue weighted by molar-refractivity contribution is -0.139. The summed E-state index contributed by atoms with van der Waals surface area (Å²) in [6.45, 7) is 0.936. The Hall–Kier alpha value is -3.05. The maximum absolute atomic E-state index is 11.8. The molecular formula is C24H22ClNO4. The van der Waals surface area contributed by atoms with Gasteiger partial charge in [0.2, 0.25) is 5.88 Å². The van der Waals surface area contributed by atoms with Crippen molar-refractivity contribution in [2.45, 2.75) is 25.9 Å². The highest BCUT2D eigenvalue weighted by Crippen LogP contribution is 2.29. The van der Waals surface area contributed by atoms with Gasteiger partial charge in [0.25, 0.3) is 0 Å². The molecule has 5 nitrogen and oxygen atoms in total. The average Bonchev–Trinajstić information content (AvgIpc) is 2.76. The number of hydrogen-bond acceptors (Lipinski definition) is 5. The van der Waals surface area contributed by atoms with Crippen LogP contribution < -0.4 is 9.47 Å². The third-order valence-electron chi connectivity index (χ3n) is 5.04.